The third-order valence-electron chi connectivity index (χ3n) is 3.16. The molecule has 0 radical (unpaired) electrons. The molecule has 1 heterocycles. The Labute approximate surface area is 122 Å². The molecule has 21 heavy (non-hydrogen) atoms. The molecule has 0 aliphatic heterocycles. The van der Waals surface area contributed by atoms with Gasteiger partial charge in [0.05, 0.1) is 11.1 Å². The predicted octanol–water partition coefficient (Wildman–Crippen LogP) is 0.751. The molecule has 114 valence electrons. The Kier molecular flexibility index (Phi) is 3.88. The zero-order chi connectivity index (χ0) is 15.8. The van der Waals surface area contributed by atoms with Gasteiger partial charge in [-0.15, -0.1) is 0 Å². The Morgan fingerprint density at radius 2 is 2.00 bits per heavy atom. The number of aromatic nitrogens is 2. The molecule has 0 saturated carbocycles. The largest absolute Gasteiger partial charge is 0.478 e. The summed E-state index contributed by atoms with van der Waals surface area (Å²) in [4.78, 5) is 15.1. The fourth-order valence-electron chi connectivity index (χ4n) is 2.18. The van der Waals surface area contributed by atoms with Crippen molar-refractivity contribution in [3.05, 3.63) is 23.8 Å². The highest BCUT2D eigenvalue weighted by Gasteiger charge is 2.27. The first-order valence-corrected chi connectivity index (χ1v) is 7.75. The SMILES string of the molecule is CCN(CC)S(=O)(=O)n1c(N)nc2c(C(=O)O)cccc21. The number of para-hydroxylation sites is 1. The minimum absolute atomic E-state index is 0.0539. The van der Waals surface area contributed by atoms with Gasteiger partial charge >= 0.3 is 16.2 Å². The number of hydrogen-bond donors (Lipinski definition) is 2. The number of fused-ring (bicyclic) bond motifs is 1. The molecule has 9 heteroatoms. The molecule has 0 aliphatic carbocycles. The predicted molar refractivity (Wildman–Crippen MR) is 78.3 cm³/mol. The zero-order valence-corrected chi connectivity index (χ0v) is 12.5. The summed E-state index contributed by atoms with van der Waals surface area (Å²) in [6.07, 6.45) is 0. The molecule has 8 nitrogen and oxygen atoms in total. The Balaban J connectivity index is 2.80. The summed E-state index contributed by atoms with van der Waals surface area (Å²) in [5.74, 6) is -1.45. The lowest BCUT2D eigenvalue weighted by molar-refractivity contribution is 0.0699. The van der Waals surface area contributed by atoms with Gasteiger partial charge in [0, 0.05) is 13.1 Å². The van der Waals surface area contributed by atoms with E-state index in [0.29, 0.717) is 0 Å². The van der Waals surface area contributed by atoms with E-state index in [1.807, 2.05) is 0 Å². The molecule has 1 aromatic heterocycles. The zero-order valence-electron chi connectivity index (χ0n) is 11.6. The molecule has 1 aromatic carbocycles. The lowest BCUT2D eigenvalue weighted by atomic mass is 10.2. The summed E-state index contributed by atoms with van der Waals surface area (Å²) in [6, 6.07) is 4.29. The number of carboxylic acid groups (broad SMARTS) is 1. The van der Waals surface area contributed by atoms with Crippen molar-refractivity contribution in [2.45, 2.75) is 13.8 Å². The normalized spacial score (nSPS) is 12.1. The van der Waals surface area contributed by atoms with Crippen molar-refractivity contribution in [3.63, 3.8) is 0 Å². The molecule has 2 aromatic rings. The second-order valence-corrected chi connectivity index (χ2v) is 6.08. The van der Waals surface area contributed by atoms with Crippen molar-refractivity contribution in [1.82, 2.24) is 13.3 Å². The van der Waals surface area contributed by atoms with Gasteiger partial charge in [0.2, 0.25) is 5.95 Å². The fourth-order valence-corrected chi connectivity index (χ4v) is 3.73. The van der Waals surface area contributed by atoms with Crippen LogP contribution in [0.15, 0.2) is 18.2 Å². The van der Waals surface area contributed by atoms with E-state index in [1.54, 1.807) is 13.8 Å². The number of carboxylic acids is 1. The van der Waals surface area contributed by atoms with E-state index in [2.05, 4.69) is 4.98 Å². The number of carbonyl (C=O) groups is 1. The van der Waals surface area contributed by atoms with Crippen LogP contribution < -0.4 is 5.73 Å². The second-order valence-electron chi connectivity index (χ2n) is 4.30. The van der Waals surface area contributed by atoms with E-state index in [-0.39, 0.29) is 35.6 Å². The third-order valence-corrected chi connectivity index (χ3v) is 5.17. The monoisotopic (exact) mass is 312 g/mol. The molecule has 0 amide bonds. The first-order valence-electron chi connectivity index (χ1n) is 6.35. The summed E-state index contributed by atoms with van der Waals surface area (Å²) < 4.78 is 27.3. The molecule has 0 saturated heterocycles. The lowest BCUT2D eigenvalue weighted by Gasteiger charge is -2.19. The first kappa shape index (κ1) is 15.3. The summed E-state index contributed by atoms with van der Waals surface area (Å²) in [7, 11) is -3.89. The van der Waals surface area contributed by atoms with Gasteiger partial charge in [0.15, 0.2) is 0 Å². The minimum Gasteiger partial charge on any atom is -0.478 e. The third kappa shape index (κ3) is 2.34. The summed E-state index contributed by atoms with van der Waals surface area (Å²) in [6.45, 7) is 3.96. The Morgan fingerprint density at radius 3 is 2.52 bits per heavy atom. The molecular weight excluding hydrogens is 296 g/mol. The van der Waals surface area contributed by atoms with E-state index < -0.39 is 16.2 Å². The van der Waals surface area contributed by atoms with Crippen molar-refractivity contribution in [2.24, 2.45) is 0 Å². The Morgan fingerprint density at radius 1 is 1.38 bits per heavy atom. The molecule has 0 aliphatic rings. The van der Waals surface area contributed by atoms with E-state index >= 15 is 0 Å². The Hall–Kier alpha value is -2.13. The number of nitrogens with two attached hydrogens (primary N) is 1. The van der Waals surface area contributed by atoms with Crippen molar-refractivity contribution in [3.8, 4) is 0 Å². The maximum Gasteiger partial charge on any atom is 0.337 e. The van der Waals surface area contributed by atoms with Crippen molar-refractivity contribution in [1.29, 1.82) is 0 Å². The van der Waals surface area contributed by atoms with Crippen LogP contribution in [0.25, 0.3) is 11.0 Å². The van der Waals surface area contributed by atoms with Crippen LogP contribution in [0.2, 0.25) is 0 Å². The molecule has 0 atom stereocenters. The van der Waals surface area contributed by atoms with Crippen molar-refractivity contribution >= 4 is 33.2 Å². The van der Waals surface area contributed by atoms with Gasteiger partial charge in [-0.25, -0.2) is 9.78 Å². The number of anilines is 1. The molecule has 2 rings (SSSR count). The fraction of sp³-hybridized carbons (Fsp3) is 0.333. The summed E-state index contributed by atoms with van der Waals surface area (Å²) in [5, 5.41) is 9.14. The van der Waals surface area contributed by atoms with Crippen molar-refractivity contribution < 1.29 is 18.3 Å². The van der Waals surface area contributed by atoms with Gasteiger partial charge in [-0.2, -0.15) is 16.7 Å². The number of imidazole rings is 1. The van der Waals surface area contributed by atoms with E-state index in [0.717, 1.165) is 3.97 Å². The standard InChI is InChI=1S/C12H16N4O4S/c1-3-15(4-2)21(19,20)16-9-7-5-6-8(11(17)18)10(9)14-12(16)13/h5-7H,3-4H2,1-2H3,(H2,13,14)(H,17,18). The van der Waals surface area contributed by atoms with Gasteiger partial charge in [0.25, 0.3) is 0 Å². The van der Waals surface area contributed by atoms with Gasteiger partial charge in [0.1, 0.15) is 5.52 Å². The van der Waals surface area contributed by atoms with Crippen LogP contribution in [0.5, 0.6) is 0 Å². The molecule has 3 N–H and O–H groups in total. The number of nitrogen functional groups attached to an aromatic ring is 1. The average molecular weight is 312 g/mol. The van der Waals surface area contributed by atoms with E-state index in [4.69, 9.17) is 10.8 Å². The number of hydrogen-bond acceptors (Lipinski definition) is 5. The number of benzene rings is 1. The molecule has 0 fully saturated rings. The van der Waals surface area contributed by atoms with Gasteiger partial charge in [-0.1, -0.05) is 19.9 Å². The number of aromatic carboxylic acids is 1. The maximum absolute atomic E-state index is 12.6. The topological polar surface area (TPSA) is 119 Å². The second kappa shape index (κ2) is 5.34. The van der Waals surface area contributed by atoms with E-state index in [1.165, 1.54) is 22.5 Å². The number of nitrogens with zero attached hydrogens (tertiary/aromatic N) is 3. The minimum atomic E-state index is -3.89. The van der Waals surface area contributed by atoms with Gasteiger partial charge < -0.3 is 10.8 Å². The van der Waals surface area contributed by atoms with Crippen LogP contribution in [0.4, 0.5) is 5.95 Å². The van der Waals surface area contributed by atoms with Gasteiger partial charge in [-0.3, -0.25) is 0 Å². The van der Waals surface area contributed by atoms with Crippen molar-refractivity contribution in [2.75, 3.05) is 18.8 Å². The first-order chi connectivity index (χ1) is 9.84. The highest BCUT2D eigenvalue weighted by molar-refractivity contribution is 7.87. The Bertz CT molecular complexity index is 793. The van der Waals surface area contributed by atoms with E-state index in [9.17, 15) is 13.2 Å². The maximum atomic E-state index is 12.6. The molecule has 0 bridgehead atoms. The van der Waals surface area contributed by atoms with Crippen LogP contribution in [0.3, 0.4) is 0 Å². The smallest absolute Gasteiger partial charge is 0.337 e. The summed E-state index contributed by atoms with van der Waals surface area (Å²) in [5.41, 5.74) is 5.82. The van der Waals surface area contributed by atoms with Crippen LogP contribution in [-0.4, -0.2) is 45.8 Å². The lowest BCUT2D eigenvalue weighted by Crippen LogP contribution is -2.35. The van der Waals surface area contributed by atoms with Crippen LogP contribution in [0, 0.1) is 0 Å². The summed E-state index contributed by atoms with van der Waals surface area (Å²) >= 11 is 0. The van der Waals surface area contributed by atoms with Crippen LogP contribution >= 0.6 is 0 Å². The highest BCUT2D eigenvalue weighted by atomic mass is 32.2. The molecule has 0 unspecified atom stereocenters. The van der Waals surface area contributed by atoms with Crippen LogP contribution in [-0.2, 0) is 10.2 Å². The quantitative estimate of drug-likeness (QED) is 0.841. The molecule has 0 spiro atoms. The molecular formula is C12H16N4O4S. The highest BCUT2D eigenvalue weighted by Crippen LogP contribution is 2.24. The van der Waals surface area contributed by atoms with Crippen LogP contribution in [0.1, 0.15) is 24.2 Å². The average Bonchev–Trinajstić information content (AvgIpc) is 2.75. The number of rotatable bonds is 5. The van der Waals surface area contributed by atoms with Gasteiger partial charge in [-0.05, 0) is 12.1 Å².